The van der Waals surface area contributed by atoms with Crippen LogP contribution in [-0.2, 0) is 10.0 Å². The van der Waals surface area contributed by atoms with E-state index in [-0.39, 0.29) is 34.7 Å². The molecule has 2 aromatic carbocycles. The zero-order valence-electron chi connectivity index (χ0n) is 17.2. The van der Waals surface area contributed by atoms with Gasteiger partial charge in [0.25, 0.3) is 10.0 Å². The third kappa shape index (κ3) is 5.71. The Morgan fingerprint density at radius 1 is 1.17 bits per heavy atom. The molecule has 0 aliphatic carbocycles. The first-order chi connectivity index (χ1) is 13.3. The Labute approximate surface area is 180 Å². The lowest BCUT2D eigenvalue weighted by Gasteiger charge is -2.16. The number of hydrogen-bond acceptors (Lipinski definition) is 3. The molecule has 0 spiro atoms. The number of nitrogens with one attached hydrogen (secondary N) is 1. The van der Waals surface area contributed by atoms with Crippen molar-refractivity contribution in [2.75, 3.05) is 24.4 Å². The molecule has 1 aliphatic heterocycles. The second-order valence-corrected chi connectivity index (χ2v) is 9.53. The first-order valence-corrected chi connectivity index (χ1v) is 11.4. The summed E-state index contributed by atoms with van der Waals surface area (Å²) in [5, 5.41) is 0. The quantitative estimate of drug-likeness (QED) is 0.629. The van der Waals surface area contributed by atoms with Gasteiger partial charge in [0, 0.05) is 12.5 Å². The Balaban J connectivity index is 0.00000300. The standard InChI is InChI=1S/C22H29FN2O2S.ClH/c1-4-12-25-13-11-18(15-25)21-10-7-19(14-22(21)23)24-28(26,27)20-8-5-17(6-9-20)16(2)3;/h5-10,14,16,18,24H,4,11-13,15H2,1-3H3;1H. The molecule has 0 amide bonds. The SMILES string of the molecule is CCCN1CCC(c2ccc(NS(=O)(=O)c3ccc(C(C)C)cc3)cc2F)C1.Cl. The van der Waals surface area contributed by atoms with E-state index < -0.39 is 10.0 Å². The van der Waals surface area contributed by atoms with Gasteiger partial charge in [0.1, 0.15) is 5.82 Å². The molecule has 1 aliphatic rings. The maximum absolute atomic E-state index is 14.7. The van der Waals surface area contributed by atoms with Crippen molar-refractivity contribution in [3.05, 3.63) is 59.4 Å². The van der Waals surface area contributed by atoms with E-state index in [0.29, 0.717) is 11.5 Å². The summed E-state index contributed by atoms with van der Waals surface area (Å²) < 4.78 is 42.4. The molecular weight excluding hydrogens is 411 g/mol. The Hall–Kier alpha value is -1.63. The van der Waals surface area contributed by atoms with Crippen LogP contribution in [0.3, 0.4) is 0 Å². The minimum absolute atomic E-state index is 0. The number of anilines is 1. The van der Waals surface area contributed by atoms with Gasteiger partial charge >= 0.3 is 0 Å². The van der Waals surface area contributed by atoms with Gasteiger partial charge in [0.2, 0.25) is 0 Å². The third-order valence-electron chi connectivity index (χ3n) is 5.36. The number of benzene rings is 2. The van der Waals surface area contributed by atoms with Crippen molar-refractivity contribution in [1.29, 1.82) is 0 Å². The largest absolute Gasteiger partial charge is 0.303 e. The number of halogens is 2. The van der Waals surface area contributed by atoms with E-state index in [1.165, 1.54) is 6.07 Å². The molecule has 1 heterocycles. The monoisotopic (exact) mass is 440 g/mol. The summed E-state index contributed by atoms with van der Waals surface area (Å²) in [6.07, 6.45) is 2.03. The van der Waals surface area contributed by atoms with Gasteiger partial charge in [-0.15, -0.1) is 12.4 Å². The van der Waals surface area contributed by atoms with Gasteiger partial charge in [0.05, 0.1) is 10.6 Å². The van der Waals surface area contributed by atoms with Crippen LogP contribution in [0.15, 0.2) is 47.4 Å². The maximum Gasteiger partial charge on any atom is 0.261 e. The fraction of sp³-hybridized carbons (Fsp3) is 0.455. The zero-order chi connectivity index (χ0) is 20.3. The summed E-state index contributed by atoms with van der Waals surface area (Å²) in [5.74, 6) is 0.148. The lowest BCUT2D eigenvalue weighted by atomic mass is 9.97. The highest BCUT2D eigenvalue weighted by Gasteiger charge is 2.25. The molecule has 2 aromatic rings. The molecule has 29 heavy (non-hydrogen) atoms. The van der Waals surface area contributed by atoms with E-state index in [2.05, 4.69) is 30.4 Å². The predicted octanol–water partition coefficient (Wildman–Crippen LogP) is 5.37. The molecule has 1 unspecified atom stereocenters. The molecule has 160 valence electrons. The molecule has 4 nitrogen and oxygen atoms in total. The third-order valence-corrected chi connectivity index (χ3v) is 6.76. The second-order valence-electron chi connectivity index (χ2n) is 7.85. The number of hydrogen-bond donors (Lipinski definition) is 1. The van der Waals surface area contributed by atoms with Gasteiger partial charge in [-0.1, -0.05) is 39.0 Å². The van der Waals surface area contributed by atoms with Crippen LogP contribution in [0.5, 0.6) is 0 Å². The highest BCUT2D eigenvalue weighted by atomic mass is 35.5. The fourth-order valence-electron chi connectivity index (χ4n) is 3.77. The molecule has 7 heteroatoms. The van der Waals surface area contributed by atoms with Crippen molar-refractivity contribution in [2.45, 2.75) is 50.3 Å². The van der Waals surface area contributed by atoms with Gasteiger partial charge in [-0.3, -0.25) is 4.72 Å². The van der Waals surface area contributed by atoms with Crippen LogP contribution in [-0.4, -0.2) is 33.0 Å². The predicted molar refractivity (Wildman–Crippen MR) is 119 cm³/mol. The number of sulfonamides is 1. The van der Waals surface area contributed by atoms with Gasteiger partial charge in [0.15, 0.2) is 0 Å². The topological polar surface area (TPSA) is 49.4 Å². The molecule has 1 N–H and O–H groups in total. The van der Waals surface area contributed by atoms with E-state index in [1.54, 1.807) is 24.3 Å². The first kappa shape index (κ1) is 23.6. The molecule has 0 radical (unpaired) electrons. The van der Waals surface area contributed by atoms with Crippen LogP contribution in [0.4, 0.5) is 10.1 Å². The number of likely N-dealkylation sites (tertiary alicyclic amines) is 1. The summed E-state index contributed by atoms with van der Waals surface area (Å²) in [6, 6.07) is 11.5. The molecular formula is C22H30ClFN2O2S. The molecule has 0 bridgehead atoms. The van der Waals surface area contributed by atoms with Gasteiger partial charge < -0.3 is 4.90 Å². The fourth-order valence-corrected chi connectivity index (χ4v) is 4.82. The summed E-state index contributed by atoms with van der Waals surface area (Å²) in [6.45, 7) is 9.13. The average molecular weight is 441 g/mol. The summed E-state index contributed by atoms with van der Waals surface area (Å²) in [4.78, 5) is 2.52. The van der Waals surface area contributed by atoms with Gasteiger partial charge in [-0.2, -0.15) is 0 Å². The van der Waals surface area contributed by atoms with Crippen LogP contribution < -0.4 is 4.72 Å². The summed E-state index contributed by atoms with van der Waals surface area (Å²) in [5.41, 5.74) is 1.99. The van der Waals surface area contributed by atoms with Crippen molar-refractivity contribution in [1.82, 2.24) is 4.90 Å². The Kier molecular flexibility index (Phi) is 8.09. The molecule has 1 fully saturated rings. The maximum atomic E-state index is 14.7. The van der Waals surface area contributed by atoms with Crippen LogP contribution in [0, 0.1) is 5.82 Å². The lowest BCUT2D eigenvalue weighted by molar-refractivity contribution is 0.334. The normalized spacial score (nSPS) is 17.3. The molecule has 3 rings (SSSR count). The average Bonchev–Trinajstić information content (AvgIpc) is 3.10. The second kappa shape index (κ2) is 9.92. The van der Waals surface area contributed by atoms with Gasteiger partial charge in [-0.25, -0.2) is 12.8 Å². The minimum atomic E-state index is -3.75. The van der Waals surface area contributed by atoms with Crippen molar-refractivity contribution in [2.24, 2.45) is 0 Å². The van der Waals surface area contributed by atoms with Crippen LogP contribution in [0.25, 0.3) is 0 Å². The number of rotatable bonds is 7. The Morgan fingerprint density at radius 3 is 2.45 bits per heavy atom. The Bertz CT molecular complexity index is 917. The highest BCUT2D eigenvalue weighted by molar-refractivity contribution is 7.92. The first-order valence-electron chi connectivity index (χ1n) is 9.94. The Morgan fingerprint density at radius 2 is 1.86 bits per heavy atom. The van der Waals surface area contributed by atoms with E-state index in [4.69, 9.17) is 0 Å². The molecule has 0 aromatic heterocycles. The summed E-state index contributed by atoms with van der Waals surface area (Å²) >= 11 is 0. The van der Waals surface area contributed by atoms with Crippen LogP contribution >= 0.6 is 12.4 Å². The van der Waals surface area contributed by atoms with Crippen molar-refractivity contribution in [3.63, 3.8) is 0 Å². The van der Waals surface area contributed by atoms with Gasteiger partial charge in [-0.05, 0) is 67.2 Å². The van der Waals surface area contributed by atoms with Crippen molar-refractivity contribution < 1.29 is 12.8 Å². The highest BCUT2D eigenvalue weighted by Crippen LogP contribution is 2.31. The minimum Gasteiger partial charge on any atom is -0.303 e. The number of nitrogens with zero attached hydrogens (tertiary/aromatic N) is 1. The van der Waals surface area contributed by atoms with E-state index in [0.717, 1.165) is 38.0 Å². The lowest BCUT2D eigenvalue weighted by Crippen LogP contribution is -2.21. The van der Waals surface area contributed by atoms with Crippen molar-refractivity contribution in [3.8, 4) is 0 Å². The van der Waals surface area contributed by atoms with Crippen molar-refractivity contribution >= 4 is 28.1 Å². The molecule has 1 atom stereocenters. The smallest absolute Gasteiger partial charge is 0.261 e. The van der Waals surface area contributed by atoms with E-state index in [1.807, 2.05) is 12.1 Å². The van der Waals surface area contributed by atoms with Crippen LogP contribution in [0.2, 0.25) is 0 Å². The van der Waals surface area contributed by atoms with E-state index >= 15 is 0 Å². The summed E-state index contributed by atoms with van der Waals surface area (Å²) in [7, 11) is -3.75. The van der Waals surface area contributed by atoms with Crippen LogP contribution in [0.1, 0.15) is 56.6 Å². The molecule has 1 saturated heterocycles. The van der Waals surface area contributed by atoms with E-state index in [9.17, 15) is 12.8 Å². The zero-order valence-corrected chi connectivity index (χ0v) is 18.8. The molecule has 0 saturated carbocycles.